The largest absolute Gasteiger partial charge is 0.507 e. The minimum atomic E-state index is -0.600. The average molecular weight is 543 g/mol. The van der Waals surface area contributed by atoms with Crippen LogP contribution < -0.4 is 26.3 Å². The molecule has 4 rings (SSSR count). The topological polar surface area (TPSA) is 126 Å². The van der Waals surface area contributed by atoms with Crippen LogP contribution >= 0.6 is 11.6 Å². The van der Waals surface area contributed by atoms with E-state index in [2.05, 4.69) is 27.5 Å². The number of pyridine rings is 1. The monoisotopic (exact) mass is 542 g/mol. The zero-order valence-electron chi connectivity index (χ0n) is 22.4. The first-order chi connectivity index (χ1) is 18.3. The molecule has 38 heavy (non-hydrogen) atoms. The molecule has 2 aromatic heterocycles. The van der Waals surface area contributed by atoms with Crippen molar-refractivity contribution in [2.75, 3.05) is 25.5 Å². The number of hydrogen-bond acceptors (Lipinski definition) is 8. The maximum atomic E-state index is 13.0. The molecule has 3 atom stereocenters. The van der Waals surface area contributed by atoms with E-state index in [1.54, 1.807) is 24.4 Å². The van der Waals surface area contributed by atoms with Gasteiger partial charge in [0.1, 0.15) is 23.1 Å². The first-order valence-corrected chi connectivity index (χ1v) is 13.1. The average Bonchev–Trinajstić information content (AvgIpc) is 3.35. The summed E-state index contributed by atoms with van der Waals surface area (Å²) in [6.45, 7) is 12.7. The van der Waals surface area contributed by atoms with Crippen LogP contribution in [0.4, 0.5) is 5.82 Å². The molecule has 4 N–H and O–H groups in total. The summed E-state index contributed by atoms with van der Waals surface area (Å²) in [6.07, 6.45) is 3.57. The molecule has 3 aromatic rings. The number of nitrogens with zero attached hydrogens (tertiary/aromatic N) is 1. The molecule has 0 aliphatic carbocycles. The van der Waals surface area contributed by atoms with Gasteiger partial charge < -0.3 is 30.2 Å². The number of carbonyl (C=O) groups excluding carboxylic acids is 1. The number of rotatable bonds is 8. The predicted molar refractivity (Wildman–Crippen MR) is 151 cm³/mol. The highest BCUT2D eigenvalue weighted by atomic mass is 35.5. The summed E-state index contributed by atoms with van der Waals surface area (Å²) in [7, 11) is 1.49. The second-order valence-corrected chi connectivity index (χ2v) is 9.18. The fourth-order valence-electron chi connectivity index (χ4n) is 4.31. The normalized spacial score (nSPS) is 17.3. The summed E-state index contributed by atoms with van der Waals surface area (Å²) in [4.78, 5) is 29.2. The number of amides is 1. The van der Waals surface area contributed by atoms with E-state index in [9.17, 15) is 14.7 Å². The van der Waals surface area contributed by atoms with Crippen molar-refractivity contribution in [3.8, 4) is 22.8 Å². The zero-order valence-corrected chi connectivity index (χ0v) is 23.1. The lowest BCUT2D eigenvalue weighted by Crippen LogP contribution is -2.45. The molecule has 1 aliphatic heterocycles. The van der Waals surface area contributed by atoms with Gasteiger partial charge in [-0.05, 0) is 36.6 Å². The van der Waals surface area contributed by atoms with Crippen molar-refractivity contribution in [3.05, 3.63) is 58.1 Å². The fourth-order valence-corrected chi connectivity index (χ4v) is 4.63. The number of fused-ring (bicyclic) bond motifs is 1. The van der Waals surface area contributed by atoms with Gasteiger partial charge in [0.05, 0.1) is 35.2 Å². The van der Waals surface area contributed by atoms with Crippen LogP contribution in [0.15, 0.2) is 46.3 Å². The molecule has 1 amide bonds. The third-order valence-electron chi connectivity index (χ3n) is 6.55. The molecule has 0 saturated carbocycles. The number of hydrogen-bond donors (Lipinski definition) is 4. The summed E-state index contributed by atoms with van der Waals surface area (Å²) in [6, 6.07) is 4.64. The Morgan fingerprint density at radius 3 is 2.71 bits per heavy atom. The second-order valence-electron chi connectivity index (χ2n) is 8.80. The van der Waals surface area contributed by atoms with Crippen LogP contribution in [0.1, 0.15) is 45.6 Å². The Morgan fingerprint density at radius 1 is 1.34 bits per heavy atom. The Balaban J connectivity index is 0.00000195. The van der Waals surface area contributed by atoms with Gasteiger partial charge in [-0.1, -0.05) is 45.9 Å². The van der Waals surface area contributed by atoms with Gasteiger partial charge in [0.15, 0.2) is 0 Å². The molecule has 0 bridgehead atoms. The predicted octanol–water partition coefficient (Wildman–Crippen LogP) is 4.82. The molecule has 0 radical (unpaired) electrons. The number of methoxy groups -OCH3 is 1. The van der Waals surface area contributed by atoms with Gasteiger partial charge in [0.25, 0.3) is 0 Å². The summed E-state index contributed by atoms with van der Waals surface area (Å²) >= 11 is 6.54. The highest BCUT2D eigenvalue weighted by Gasteiger charge is 2.28. The number of carbonyl (C=O) groups is 1. The Kier molecular flexibility index (Phi) is 9.77. The van der Waals surface area contributed by atoms with Crippen LogP contribution in [-0.2, 0) is 4.79 Å². The van der Waals surface area contributed by atoms with Crippen molar-refractivity contribution in [1.29, 1.82) is 0 Å². The number of aromatic hydroxyl groups is 1. The molecule has 0 spiro atoms. The number of aromatic nitrogens is 1. The summed E-state index contributed by atoms with van der Waals surface area (Å²) in [5.41, 5.74) is 0.250. The van der Waals surface area contributed by atoms with Gasteiger partial charge in [-0.2, -0.15) is 0 Å². The SMILES string of the molecule is C=CC(=O)NC1CNCC1Nc1cc2c(=O)oc(-c3c(O)c(C(C)CC)cc(OC)c3Cl)cc2cn1.CC. The molecule has 9 nitrogen and oxygen atoms in total. The molecule has 3 unspecified atom stereocenters. The summed E-state index contributed by atoms with van der Waals surface area (Å²) in [5, 5.41) is 21.4. The number of anilines is 1. The van der Waals surface area contributed by atoms with Crippen LogP contribution in [0.2, 0.25) is 5.02 Å². The van der Waals surface area contributed by atoms with Crippen molar-refractivity contribution in [3.63, 3.8) is 0 Å². The highest BCUT2D eigenvalue weighted by molar-refractivity contribution is 6.35. The Hall–Kier alpha value is -3.56. The maximum absolute atomic E-state index is 13.0. The van der Waals surface area contributed by atoms with Crippen LogP contribution in [0.5, 0.6) is 11.5 Å². The minimum Gasteiger partial charge on any atom is -0.507 e. The van der Waals surface area contributed by atoms with Crippen molar-refractivity contribution in [2.24, 2.45) is 0 Å². The Bertz CT molecular complexity index is 1370. The van der Waals surface area contributed by atoms with E-state index < -0.39 is 5.63 Å². The van der Waals surface area contributed by atoms with Crippen molar-refractivity contribution in [2.45, 2.75) is 52.1 Å². The van der Waals surface area contributed by atoms with E-state index in [0.29, 0.717) is 41.0 Å². The number of phenols is 1. The second kappa shape index (κ2) is 12.8. The first-order valence-electron chi connectivity index (χ1n) is 12.7. The van der Waals surface area contributed by atoms with E-state index in [0.717, 1.165) is 6.42 Å². The van der Waals surface area contributed by atoms with Crippen LogP contribution in [-0.4, -0.2) is 48.3 Å². The first kappa shape index (κ1) is 29.0. The van der Waals surface area contributed by atoms with Gasteiger partial charge in [0.2, 0.25) is 5.91 Å². The quantitative estimate of drug-likeness (QED) is 0.299. The zero-order chi connectivity index (χ0) is 28.0. The van der Waals surface area contributed by atoms with Gasteiger partial charge >= 0.3 is 5.63 Å². The number of benzene rings is 1. The van der Waals surface area contributed by atoms with Gasteiger partial charge in [-0.25, -0.2) is 9.78 Å². The number of halogens is 1. The van der Waals surface area contributed by atoms with Gasteiger partial charge in [-0.3, -0.25) is 4.79 Å². The van der Waals surface area contributed by atoms with E-state index in [1.165, 1.54) is 13.2 Å². The Labute approximate surface area is 227 Å². The third kappa shape index (κ3) is 5.95. The smallest absolute Gasteiger partial charge is 0.344 e. The van der Waals surface area contributed by atoms with E-state index in [4.69, 9.17) is 20.8 Å². The molecular weight excluding hydrogens is 508 g/mol. The molecule has 10 heteroatoms. The van der Waals surface area contributed by atoms with Crippen molar-refractivity contribution < 1.29 is 19.1 Å². The number of nitrogens with one attached hydrogen (secondary N) is 3. The van der Waals surface area contributed by atoms with E-state index in [1.807, 2.05) is 27.7 Å². The summed E-state index contributed by atoms with van der Waals surface area (Å²) in [5.74, 6) is 0.686. The lowest BCUT2D eigenvalue weighted by atomic mass is 9.94. The number of phenolic OH excluding ortho intramolecular Hbond substituents is 1. The van der Waals surface area contributed by atoms with E-state index >= 15 is 0 Å². The molecule has 3 heterocycles. The standard InChI is InChI=1S/C26H29ClN4O5.C2H6/c1-5-13(3)15-8-20(35-4)24(27)23(25(15)33)19-7-14-10-29-21(9-16(14)26(34)36-19)30-17-11-28-12-18(17)31-22(32)6-2;1-2/h6-10,13,17-18,28,33H,2,5,11-12H2,1,3-4H3,(H,29,30)(H,31,32);1-2H3. The van der Waals surface area contributed by atoms with Crippen LogP contribution in [0.25, 0.3) is 22.1 Å². The molecule has 1 fully saturated rings. The third-order valence-corrected chi connectivity index (χ3v) is 6.92. The molecule has 1 saturated heterocycles. The Morgan fingerprint density at radius 2 is 2.05 bits per heavy atom. The fraction of sp³-hybridized carbons (Fsp3) is 0.393. The summed E-state index contributed by atoms with van der Waals surface area (Å²) < 4.78 is 11.0. The van der Waals surface area contributed by atoms with Gasteiger partial charge in [-0.15, -0.1) is 0 Å². The highest BCUT2D eigenvalue weighted by Crippen LogP contribution is 2.46. The minimum absolute atomic E-state index is 0.0301. The molecule has 1 aromatic carbocycles. The lowest BCUT2D eigenvalue weighted by Gasteiger charge is -2.21. The molecule has 204 valence electrons. The van der Waals surface area contributed by atoms with Crippen LogP contribution in [0.3, 0.4) is 0 Å². The number of ether oxygens (including phenoxy) is 1. The van der Waals surface area contributed by atoms with Crippen molar-refractivity contribution in [1.82, 2.24) is 15.6 Å². The lowest BCUT2D eigenvalue weighted by molar-refractivity contribution is -0.117. The van der Waals surface area contributed by atoms with Gasteiger partial charge in [0, 0.05) is 30.2 Å². The van der Waals surface area contributed by atoms with Crippen LogP contribution in [0, 0.1) is 0 Å². The molecule has 1 aliphatic rings. The molecular formula is C28H35ClN4O5. The van der Waals surface area contributed by atoms with Crippen molar-refractivity contribution >= 4 is 34.1 Å². The maximum Gasteiger partial charge on any atom is 0.344 e. The van der Waals surface area contributed by atoms with E-state index in [-0.39, 0.29) is 46.0 Å².